The van der Waals surface area contributed by atoms with Crippen LogP contribution in [0.2, 0.25) is 5.28 Å². The average molecular weight is 283 g/mol. The minimum absolute atomic E-state index is 0.0593. The number of amides is 2. The van der Waals surface area contributed by atoms with Crippen molar-refractivity contribution in [1.82, 2.24) is 29.8 Å². The summed E-state index contributed by atoms with van der Waals surface area (Å²) in [6.45, 7) is 0.756. The molecular weight excluding hydrogens is 272 g/mol. The molecule has 0 saturated heterocycles. The molecule has 0 aliphatic carbocycles. The lowest BCUT2D eigenvalue weighted by molar-refractivity contribution is 0.249. The van der Waals surface area contributed by atoms with E-state index in [1.165, 1.54) is 0 Å². The highest BCUT2D eigenvalue weighted by Gasteiger charge is 2.06. The van der Waals surface area contributed by atoms with Crippen molar-refractivity contribution in [3.63, 3.8) is 0 Å². The zero-order chi connectivity index (χ0) is 13.7. The molecule has 0 atom stereocenters. The van der Waals surface area contributed by atoms with E-state index in [0.29, 0.717) is 25.0 Å². The molecule has 0 unspecified atom stereocenters. The number of carbonyl (C=O) groups excluding carboxylic acids is 1. The van der Waals surface area contributed by atoms with E-state index in [2.05, 4.69) is 30.6 Å². The molecule has 0 aliphatic heterocycles. The molecule has 0 aliphatic rings. The third-order valence-electron chi connectivity index (χ3n) is 2.04. The Morgan fingerprint density at radius 3 is 2.89 bits per heavy atom. The van der Waals surface area contributed by atoms with Crippen LogP contribution in [0.3, 0.4) is 0 Å². The number of halogens is 1. The number of nitrogens with one attached hydrogen (secondary N) is 2. The first-order valence-electron chi connectivity index (χ1n) is 5.32. The number of rotatable bonds is 5. The normalized spacial score (nSPS) is 10.2. The lowest BCUT2D eigenvalue weighted by Gasteiger charge is -2.07. The molecule has 0 saturated carbocycles. The van der Waals surface area contributed by atoms with Gasteiger partial charge in [0.2, 0.25) is 17.2 Å². The standard InChI is InChI=1S/C9H11ClN8O/c10-6-15-8(14-2-1-13-7(11)19)17-9(16-6)18-4-3-12-5-18/h3-5H,1-2H2,(H3,11,13,19)(H,14,15,16,17). The van der Waals surface area contributed by atoms with Gasteiger partial charge in [0.05, 0.1) is 0 Å². The highest BCUT2D eigenvalue weighted by Crippen LogP contribution is 2.08. The molecule has 0 aromatic carbocycles. The van der Waals surface area contributed by atoms with E-state index < -0.39 is 6.03 Å². The third kappa shape index (κ3) is 3.78. The van der Waals surface area contributed by atoms with E-state index in [-0.39, 0.29) is 5.28 Å². The molecule has 2 aromatic rings. The maximum absolute atomic E-state index is 10.5. The predicted molar refractivity (Wildman–Crippen MR) is 68.0 cm³/mol. The second-order valence-corrected chi connectivity index (χ2v) is 3.75. The quantitative estimate of drug-likeness (QED) is 0.652. The Hall–Kier alpha value is -2.42. The molecule has 9 nitrogen and oxygen atoms in total. The molecule has 2 aromatic heterocycles. The molecule has 2 amide bonds. The Bertz CT molecular complexity index is 557. The first kappa shape index (κ1) is 13.0. The van der Waals surface area contributed by atoms with Gasteiger partial charge >= 0.3 is 6.03 Å². The molecule has 19 heavy (non-hydrogen) atoms. The van der Waals surface area contributed by atoms with Gasteiger partial charge in [-0.3, -0.25) is 4.57 Å². The van der Waals surface area contributed by atoms with Crippen LogP contribution in [-0.4, -0.2) is 43.6 Å². The number of carbonyl (C=O) groups is 1. The highest BCUT2D eigenvalue weighted by atomic mass is 35.5. The second-order valence-electron chi connectivity index (χ2n) is 3.42. The van der Waals surface area contributed by atoms with Crippen LogP contribution in [0.25, 0.3) is 5.95 Å². The first-order valence-corrected chi connectivity index (χ1v) is 5.70. The fraction of sp³-hybridized carbons (Fsp3) is 0.222. The number of hydrogen-bond acceptors (Lipinski definition) is 6. The van der Waals surface area contributed by atoms with Crippen molar-refractivity contribution in [2.45, 2.75) is 0 Å². The van der Waals surface area contributed by atoms with E-state index in [4.69, 9.17) is 17.3 Å². The van der Waals surface area contributed by atoms with Crippen LogP contribution < -0.4 is 16.4 Å². The first-order chi connectivity index (χ1) is 9.15. The summed E-state index contributed by atoms with van der Waals surface area (Å²) >= 11 is 5.80. The summed E-state index contributed by atoms with van der Waals surface area (Å²) in [5, 5.41) is 5.38. The van der Waals surface area contributed by atoms with Crippen LogP contribution in [-0.2, 0) is 0 Å². The number of hydrogen-bond donors (Lipinski definition) is 3. The molecule has 10 heteroatoms. The fourth-order valence-corrected chi connectivity index (χ4v) is 1.43. The van der Waals surface area contributed by atoms with Gasteiger partial charge in [0, 0.05) is 25.5 Å². The van der Waals surface area contributed by atoms with Crippen molar-refractivity contribution in [2.75, 3.05) is 18.4 Å². The van der Waals surface area contributed by atoms with Gasteiger partial charge < -0.3 is 16.4 Å². The Morgan fingerprint density at radius 1 is 1.37 bits per heavy atom. The summed E-state index contributed by atoms with van der Waals surface area (Å²) in [4.78, 5) is 26.4. The zero-order valence-corrected chi connectivity index (χ0v) is 10.5. The Kier molecular flexibility index (Phi) is 4.08. The summed E-state index contributed by atoms with van der Waals surface area (Å²) < 4.78 is 1.60. The molecule has 0 radical (unpaired) electrons. The van der Waals surface area contributed by atoms with E-state index in [0.717, 1.165) is 0 Å². The minimum atomic E-state index is -0.588. The van der Waals surface area contributed by atoms with E-state index in [1.54, 1.807) is 23.3 Å². The van der Waals surface area contributed by atoms with Crippen LogP contribution in [0.5, 0.6) is 0 Å². The van der Waals surface area contributed by atoms with Crippen LogP contribution >= 0.6 is 11.6 Å². The van der Waals surface area contributed by atoms with Crippen molar-refractivity contribution < 1.29 is 4.79 Å². The molecule has 4 N–H and O–H groups in total. The summed E-state index contributed by atoms with van der Waals surface area (Å²) in [6.07, 6.45) is 4.83. The van der Waals surface area contributed by atoms with Crippen LogP contribution in [0.4, 0.5) is 10.7 Å². The zero-order valence-electron chi connectivity index (χ0n) is 9.75. The average Bonchev–Trinajstić information content (AvgIpc) is 2.87. The lowest BCUT2D eigenvalue weighted by atomic mass is 10.6. The highest BCUT2D eigenvalue weighted by molar-refractivity contribution is 6.28. The molecule has 2 rings (SSSR count). The SMILES string of the molecule is NC(=O)NCCNc1nc(Cl)nc(-n2ccnc2)n1. The number of imidazole rings is 1. The van der Waals surface area contributed by atoms with Crippen molar-refractivity contribution in [3.8, 4) is 5.95 Å². The van der Waals surface area contributed by atoms with Crippen molar-refractivity contribution >= 4 is 23.6 Å². The van der Waals surface area contributed by atoms with Gasteiger partial charge in [0.1, 0.15) is 6.33 Å². The molecule has 100 valence electrons. The molecule has 0 bridgehead atoms. The third-order valence-corrected chi connectivity index (χ3v) is 2.21. The maximum Gasteiger partial charge on any atom is 0.312 e. The maximum atomic E-state index is 10.5. The van der Waals surface area contributed by atoms with E-state index in [9.17, 15) is 4.79 Å². The fourth-order valence-electron chi connectivity index (χ4n) is 1.27. The van der Waals surface area contributed by atoms with Crippen LogP contribution in [0.15, 0.2) is 18.7 Å². The Labute approximate surface area is 113 Å². The molecule has 0 fully saturated rings. The molecular formula is C9H11ClN8O. The summed E-state index contributed by atoms with van der Waals surface area (Å²) in [6, 6.07) is -0.588. The number of anilines is 1. The number of nitrogens with two attached hydrogens (primary N) is 1. The van der Waals surface area contributed by atoms with Gasteiger partial charge in [-0.25, -0.2) is 9.78 Å². The molecule has 2 heterocycles. The van der Waals surface area contributed by atoms with E-state index >= 15 is 0 Å². The number of aromatic nitrogens is 5. The van der Waals surface area contributed by atoms with Gasteiger partial charge in [-0.1, -0.05) is 0 Å². The summed E-state index contributed by atoms with van der Waals surface area (Å²) in [5.41, 5.74) is 4.93. The monoisotopic (exact) mass is 282 g/mol. The minimum Gasteiger partial charge on any atom is -0.352 e. The lowest BCUT2D eigenvalue weighted by Crippen LogP contribution is -2.33. The van der Waals surface area contributed by atoms with Gasteiger partial charge in [-0.2, -0.15) is 15.0 Å². The summed E-state index contributed by atoms with van der Waals surface area (Å²) in [7, 11) is 0. The van der Waals surface area contributed by atoms with Gasteiger partial charge in [-0.15, -0.1) is 0 Å². The van der Waals surface area contributed by atoms with Crippen molar-refractivity contribution in [2.24, 2.45) is 5.73 Å². The van der Waals surface area contributed by atoms with Crippen molar-refractivity contribution in [3.05, 3.63) is 24.0 Å². The number of nitrogens with zero attached hydrogens (tertiary/aromatic N) is 5. The van der Waals surface area contributed by atoms with Crippen LogP contribution in [0, 0.1) is 0 Å². The van der Waals surface area contributed by atoms with Gasteiger partial charge in [0.25, 0.3) is 0 Å². The molecule has 0 spiro atoms. The van der Waals surface area contributed by atoms with Crippen LogP contribution in [0.1, 0.15) is 0 Å². The smallest absolute Gasteiger partial charge is 0.312 e. The largest absolute Gasteiger partial charge is 0.352 e. The predicted octanol–water partition coefficient (Wildman–Crippen LogP) is -0.209. The Morgan fingerprint density at radius 2 is 2.21 bits per heavy atom. The van der Waals surface area contributed by atoms with Gasteiger partial charge in [0.15, 0.2) is 0 Å². The van der Waals surface area contributed by atoms with Crippen molar-refractivity contribution in [1.29, 1.82) is 0 Å². The number of urea groups is 1. The topological polar surface area (TPSA) is 124 Å². The summed E-state index contributed by atoms with van der Waals surface area (Å²) in [5.74, 6) is 0.651. The Balaban J connectivity index is 2.03. The second kappa shape index (κ2) is 5.96. The van der Waals surface area contributed by atoms with E-state index in [1.807, 2.05) is 0 Å². The number of primary amides is 1. The van der Waals surface area contributed by atoms with Gasteiger partial charge in [-0.05, 0) is 11.6 Å².